The molecule has 0 saturated carbocycles. The van der Waals surface area contributed by atoms with Crippen LogP contribution >= 0.6 is 0 Å². The number of aromatic nitrogens is 6. The number of carbonyl (C=O) groups is 1. The fraction of sp³-hybridized carbons (Fsp3) is 0.217. The maximum Gasteiger partial charge on any atom is 0.263 e. The van der Waals surface area contributed by atoms with Crippen LogP contribution in [0.4, 0.5) is 5.82 Å². The van der Waals surface area contributed by atoms with Gasteiger partial charge in [0.1, 0.15) is 23.4 Å². The average Bonchev–Trinajstić information content (AvgIpc) is 3.31. The number of aliphatic hydroxyl groups is 1. The van der Waals surface area contributed by atoms with E-state index >= 15 is 0 Å². The van der Waals surface area contributed by atoms with Gasteiger partial charge in [-0.25, -0.2) is 4.98 Å². The van der Waals surface area contributed by atoms with E-state index in [1.54, 1.807) is 48.3 Å². The summed E-state index contributed by atoms with van der Waals surface area (Å²) < 4.78 is 3.06. The molecule has 4 aromatic rings. The topological polar surface area (TPSA) is 128 Å². The van der Waals surface area contributed by atoms with Crippen molar-refractivity contribution in [1.82, 2.24) is 29.3 Å². The normalized spacial score (nSPS) is 11.9. The summed E-state index contributed by atoms with van der Waals surface area (Å²) >= 11 is 0. The average molecular weight is 445 g/mol. The number of hydrogen-bond donors (Lipinski definition) is 2. The molecule has 0 unspecified atom stereocenters. The van der Waals surface area contributed by atoms with E-state index in [1.165, 1.54) is 10.9 Å². The zero-order chi connectivity index (χ0) is 23.5. The molecule has 2 N–H and O–H groups in total. The van der Waals surface area contributed by atoms with Crippen molar-refractivity contribution in [1.29, 1.82) is 0 Å². The second-order valence-corrected chi connectivity index (χ2v) is 7.70. The van der Waals surface area contributed by atoms with Gasteiger partial charge in [-0.1, -0.05) is 12.1 Å². The van der Waals surface area contributed by atoms with E-state index in [4.69, 9.17) is 0 Å². The Morgan fingerprint density at radius 1 is 1.21 bits per heavy atom. The van der Waals surface area contributed by atoms with Gasteiger partial charge in [-0.2, -0.15) is 0 Å². The summed E-state index contributed by atoms with van der Waals surface area (Å²) in [5, 5.41) is 20.1. The van der Waals surface area contributed by atoms with Crippen molar-refractivity contribution in [2.75, 3.05) is 11.9 Å². The molecule has 168 valence electrons. The fourth-order valence-electron chi connectivity index (χ4n) is 3.32. The molecule has 10 heteroatoms. The van der Waals surface area contributed by atoms with E-state index in [-0.39, 0.29) is 24.0 Å². The molecule has 0 fully saturated rings. The zero-order valence-corrected chi connectivity index (χ0v) is 18.4. The van der Waals surface area contributed by atoms with E-state index in [2.05, 4.69) is 25.5 Å². The molecule has 4 heterocycles. The van der Waals surface area contributed by atoms with Gasteiger partial charge in [0.05, 0.1) is 12.6 Å². The van der Waals surface area contributed by atoms with E-state index in [0.717, 1.165) is 11.3 Å². The van der Waals surface area contributed by atoms with Crippen molar-refractivity contribution in [3.05, 3.63) is 76.7 Å². The lowest BCUT2D eigenvalue weighted by Gasteiger charge is -2.13. The minimum absolute atomic E-state index is 0.0140. The Bertz CT molecular complexity index is 1360. The SMILES string of the molecule is Cc1ccc(-c2cc(C(=O)Nc3cccc(-c4nncn4[C@H](C)CO)n3)c(=O)n(C)c2)cn1. The number of carbonyl (C=O) groups excluding carboxylic acids is 1. The smallest absolute Gasteiger partial charge is 0.263 e. The Kier molecular flexibility index (Phi) is 6.09. The number of nitrogens with one attached hydrogen (secondary N) is 1. The molecule has 0 saturated heterocycles. The number of amides is 1. The molecular formula is C23H23N7O3. The molecule has 4 aromatic heterocycles. The molecule has 33 heavy (non-hydrogen) atoms. The molecule has 1 amide bonds. The molecular weight excluding hydrogens is 422 g/mol. The first-order valence-electron chi connectivity index (χ1n) is 10.3. The standard InChI is InChI=1S/C23H23N7O3/c1-14-7-8-16(10-24-14)17-9-18(23(33)29(3)11-17)22(32)27-20-6-4-5-19(26-20)21-28-25-13-30(21)15(2)12-31/h4-11,13,15,31H,12H2,1-3H3,(H,26,27,32)/t15-/m1/s1. The van der Waals surface area contributed by atoms with E-state index in [9.17, 15) is 14.7 Å². The van der Waals surface area contributed by atoms with Crippen LogP contribution in [-0.2, 0) is 7.05 Å². The molecule has 0 aliphatic heterocycles. The summed E-state index contributed by atoms with van der Waals surface area (Å²) in [7, 11) is 1.60. The van der Waals surface area contributed by atoms with Crippen LogP contribution in [0.15, 0.2) is 59.9 Å². The van der Waals surface area contributed by atoms with Crippen LogP contribution in [0.25, 0.3) is 22.6 Å². The molecule has 0 radical (unpaired) electrons. The van der Waals surface area contributed by atoms with Crippen LogP contribution in [0.5, 0.6) is 0 Å². The molecule has 0 bridgehead atoms. The Morgan fingerprint density at radius 3 is 2.76 bits per heavy atom. The van der Waals surface area contributed by atoms with Crippen LogP contribution in [-0.4, -0.2) is 46.9 Å². The largest absolute Gasteiger partial charge is 0.394 e. The third-order valence-corrected chi connectivity index (χ3v) is 5.20. The van der Waals surface area contributed by atoms with Crippen molar-refractivity contribution >= 4 is 11.7 Å². The summed E-state index contributed by atoms with van der Waals surface area (Å²) in [5.41, 5.74) is 2.39. The highest BCUT2D eigenvalue weighted by atomic mass is 16.3. The second kappa shape index (κ2) is 9.13. The number of pyridine rings is 3. The van der Waals surface area contributed by atoms with Gasteiger partial charge < -0.3 is 19.6 Å². The first-order chi connectivity index (χ1) is 15.9. The van der Waals surface area contributed by atoms with Crippen molar-refractivity contribution in [3.63, 3.8) is 0 Å². The predicted octanol–water partition coefficient (Wildman–Crippen LogP) is 2.21. The number of aryl methyl sites for hydroxylation is 2. The summed E-state index contributed by atoms with van der Waals surface area (Å²) in [5.74, 6) is 0.137. The number of rotatable bonds is 6. The van der Waals surface area contributed by atoms with Gasteiger partial charge in [-0.05, 0) is 38.1 Å². The van der Waals surface area contributed by atoms with Gasteiger partial charge in [0.15, 0.2) is 5.82 Å². The minimum atomic E-state index is -0.577. The lowest BCUT2D eigenvalue weighted by Crippen LogP contribution is -2.27. The third kappa shape index (κ3) is 4.55. The molecule has 1 atom stereocenters. The molecule has 0 spiro atoms. The monoisotopic (exact) mass is 445 g/mol. The van der Waals surface area contributed by atoms with E-state index in [1.807, 2.05) is 26.0 Å². The number of anilines is 1. The zero-order valence-electron chi connectivity index (χ0n) is 18.4. The molecule has 0 aromatic carbocycles. The van der Waals surface area contributed by atoms with E-state index in [0.29, 0.717) is 17.1 Å². The highest BCUT2D eigenvalue weighted by molar-refractivity contribution is 6.04. The molecule has 0 aliphatic carbocycles. The van der Waals surface area contributed by atoms with Crippen LogP contribution < -0.4 is 10.9 Å². The highest BCUT2D eigenvalue weighted by Crippen LogP contribution is 2.21. The summed E-state index contributed by atoms with van der Waals surface area (Å²) in [6, 6.07) is 10.1. The highest BCUT2D eigenvalue weighted by Gasteiger charge is 2.17. The number of nitrogens with zero attached hydrogens (tertiary/aromatic N) is 6. The first kappa shape index (κ1) is 22.0. The van der Waals surface area contributed by atoms with Crippen LogP contribution in [0, 0.1) is 6.92 Å². The van der Waals surface area contributed by atoms with Gasteiger partial charge in [0, 0.05) is 36.3 Å². The van der Waals surface area contributed by atoms with Gasteiger partial charge >= 0.3 is 0 Å². The summed E-state index contributed by atoms with van der Waals surface area (Å²) in [6.45, 7) is 3.62. The Morgan fingerprint density at radius 2 is 2.03 bits per heavy atom. The Hall–Kier alpha value is -4.18. The number of aliphatic hydroxyl groups excluding tert-OH is 1. The molecule has 4 rings (SSSR count). The van der Waals surface area contributed by atoms with Crippen molar-refractivity contribution in [2.45, 2.75) is 19.9 Å². The maximum atomic E-state index is 13.0. The van der Waals surface area contributed by atoms with Crippen LogP contribution in [0.2, 0.25) is 0 Å². The van der Waals surface area contributed by atoms with Crippen molar-refractivity contribution in [3.8, 4) is 22.6 Å². The molecule has 0 aliphatic rings. The fourth-order valence-corrected chi connectivity index (χ4v) is 3.32. The second-order valence-electron chi connectivity index (χ2n) is 7.70. The van der Waals surface area contributed by atoms with Gasteiger partial charge in [-0.15, -0.1) is 10.2 Å². The summed E-state index contributed by atoms with van der Waals surface area (Å²) in [4.78, 5) is 34.4. The summed E-state index contributed by atoms with van der Waals surface area (Å²) in [6.07, 6.45) is 4.88. The third-order valence-electron chi connectivity index (χ3n) is 5.20. The lowest BCUT2D eigenvalue weighted by atomic mass is 10.1. The predicted molar refractivity (Wildman–Crippen MR) is 123 cm³/mol. The van der Waals surface area contributed by atoms with Gasteiger partial charge in [0.25, 0.3) is 11.5 Å². The van der Waals surface area contributed by atoms with Crippen LogP contribution in [0.1, 0.15) is 29.0 Å². The van der Waals surface area contributed by atoms with Gasteiger partial charge in [-0.3, -0.25) is 14.6 Å². The maximum absolute atomic E-state index is 13.0. The van der Waals surface area contributed by atoms with Gasteiger partial charge in [0.2, 0.25) is 0 Å². The van der Waals surface area contributed by atoms with Crippen LogP contribution in [0.3, 0.4) is 0 Å². The number of hydrogen-bond acceptors (Lipinski definition) is 7. The Labute approximate surface area is 189 Å². The lowest BCUT2D eigenvalue weighted by molar-refractivity contribution is 0.102. The first-order valence-corrected chi connectivity index (χ1v) is 10.3. The molecule has 10 nitrogen and oxygen atoms in total. The minimum Gasteiger partial charge on any atom is -0.394 e. The van der Waals surface area contributed by atoms with Crippen molar-refractivity contribution in [2.24, 2.45) is 7.05 Å². The van der Waals surface area contributed by atoms with E-state index < -0.39 is 11.5 Å². The van der Waals surface area contributed by atoms with Crippen molar-refractivity contribution < 1.29 is 9.90 Å². The quantitative estimate of drug-likeness (QED) is 0.466. The Balaban J connectivity index is 1.64.